The summed E-state index contributed by atoms with van der Waals surface area (Å²) in [5, 5.41) is 7.67. The van der Waals surface area contributed by atoms with Gasteiger partial charge in [0.05, 0.1) is 10.9 Å². The highest BCUT2D eigenvalue weighted by molar-refractivity contribution is 7.20. The summed E-state index contributed by atoms with van der Waals surface area (Å²) in [4.78, 5) is 19.8. The standard InChI is InChI=1S/C31H36N4OS/c1-31(2,3)24-12-13-26-22(15-24)14-23-17-28(37-30(23)35-26)29(36)34-27(18-32)21-10-7-11-25(16-21)33-19-20-8-5-4-6-9-20/h4-11,14,16-17,24,27,33H,12-13,15,18-19,32H2,1-3H3,(H,34,36)/t24-,27-/m1/s1. The summed E-state index contributed by atoms with van der Waals surface area (Å²) >= 11 is 1.46. The van der Waals surface area contributed by atoms with Gasteiger partial charge in [-0.05, 0) is 71.6 Å². The quantitative estimate of drug-likeness (QED) is 0.264. The number of nitrogens with one attached hydrogen (secondary N) is 2. The third-order valence-electron chi connectivity index (χ3n) is 7.49. The lowest BCUT2D eigenvalue weighted by Crippen LogP contribution is -2.33. The first kappa shape index (κ1) is 25.4. The number of anilines is 1. The van der Waals surface area contributed by atoms with Gasteiger partial charge in [0.25, 0.3) is 5.91 Å². The average Bonchev–Trinajstić information content (AvgIpc) is 3.32. The van der Waals surface area contributed by atoms with Crippen LogP contribution in [-0.4, -0.2) is 17.4 Å². The summed E-state index contributed by atoms with van der Waals surface area (Å²) in [6.07, 6.45) is 3.24. The van der Waals surface area contributed by atoms with Crippen molar-refractivity contribution in [3.05, 3.63) is 94.0 Å². The van der Waals surface area contributed by atoms with E-state index < -0.39 is 0 Å². The minimum atomic E-state index is -0.273. The molecule has 2 heterocycles. The number of carbonyl (C=O) groups is 1. The lowest BCUT2D eigenvalue weighted by atomic mass is 9.71. The molecular weight excluding hydrogens is 476 g/mol. The van der Waals surface area contributed by atoms with E-state index in [9.17, 15) is 4.79 Å². The SMILES string of the molecule is CC(C)(C)[C@@H]1CCc2nc3sc(C(=O)N[C@H](CN)c4cccc(NCc5ccccc5)c4)cc3cc2C1. The fraction of sp³-hybridized carbons (Fsp3) is 0.355. The second-order valence-electron chi connectivity index (χ2n) is 11.1. The van der Waals surface area contributed by atoms with E-state index in [0.717, 1.165) is 40.9 Å². The van der Waals surface area contributed by atoms with Crippen LogP contribution in [0.5, 0.6) is 0 Å². The van der Waals surface area contributed by atoms with Crippen LogP contribution in [0.3, 0.4) is 0 Å². The number of aromatic nitrogens is 1. The number of pyridine rings is 1. The number of rotatable bonds is 7. The van der Waals surface area contributed by atoms with E-state index in [1.165, 1.54) is 34.6 Å². The molecule has 0 saturated heterocycles. The minimum absolute atomic E-state index is 0.105. The topological polar surface area (TPSA) is 80.0 Å². The number of carbonyl (C=O) groups excluding carboxylic acids is 1. The maximum Gasteiger partial charge on any atom is 0.261 e. The van der Waals surface area contributed by atoms with Gasteiger partial charge in [-0.2, -0.15) is 0 Å². The summed E-state index contributed by atoms with van der Waals surface area (Å²) < 4.78 is 0. The van der Waals surface area contributed by atoms with Gasteiger partial charge in [-0.3, -0.25) is 4.79 Å². The van der Waals surface area contributed by atoms with Gasteiger partial charge in [0.1, 0.15) is 4.83 Å². The first-order chi connectivity index (χ1) is 17.8. The van der Waals surface area contributed by atoms with Crippen molar-refractivity contribution in [2.24, 2.45) is 17.1 Å². The molecule has 2 aromatic heterocycles. The number of hydrogen-bond acceptors (Lipinski definition) is 5. The molecule has 37 heavy (non-hydrogen) atoms. The smallest absolute Gasteiger partial charge is 0.261 e. The molecule has 4 aromatic rings. The van der Waals surface area contributed by atoms with Crippen molar-refractivity contribution >= 4 is 33.1 Å². The van der Waals surface area contributed by atoms with Crippen molar-refractivity contribution in [2.75, 3.05) is 11.9 Å². The molecule has 2 aromatic carbocycles. The Morgan fingerprint density at radius 3 is 2.68 bits per heavy atom. The molecule has 1 aliphatic carbocycles. The Morgan fingerprint density at radius 2 is 1.92 bits per heavy atom. The Kier molecular flexibility index (Phi) is 7.31. The van der Waals surface area contributed by atoms with Crippen LogP contribution in [0.25, 0.3) is 10.2 Å². The molecule has 1 aliphatic rings. The van der Waals surface area contributed by atoms with Crippen molar-refractivity contribution in [2.45, 2.75) is 52.6 Å². The molecule has 5 nitrogen and oxygen atoms in total. The van der Waals surface area contributed by atoms with Crippen LogP contribution < -0.4 is 16.4 Å². The summed E-state index contributed by atoms with van der Waals surface area (Å²) in [6.45, 7) is 8.03. The first-order valence-corrected chi connectivity index (χ1v) is 13.9. The second-order valence-corrected chi connectivity index (χ2v) is 12.2. The third-order valence-corrected chi connectivity index (χ3v) is 8.53. The predicted octanol–water partition coefficient (Wildman–Crippen LogP) is 6.49. The van der Waals surface area contributed by atoms with Crippen LogP contribution in [0.1, 0.15) is 65.3 Å². The van der Waals surface area contributed by atoms with Gasteiger partial charge < -0.3 is 16.4 Å². The normalized spacial score (nSPS) is 16.3. The molecule has 4 N–H and O–H groups in total. The minimum Gasteiger partial charge on any atom is -0.381 e. The largest absolute Gasteiger partial charge is 0.381 e. The summed E-state index contributed by atoms with van der Waals surface area (Å²) in [5.74, 6) is 0.551. The Bertz CT molecular complexity index is 1390. The number of thiophene rings is 1. The van der Waals surface area contributed by atoms with Gasteiger partial charge in [-0.15, -0.1) is 11.3 Å². The molecule has 0 spiro atoms. The maximum absolute atomic E-state index is 13.3. The zero-order valence-corrected chi connectivity index (χ0v) is 22.7. The van der Waals surface area contributed by atoms with Crippen LogP contribution >= 0.6 is 11.3 Å². The molecule has 5 rings (SSSR count). The molecule has 1 amide bonds. The van der Waals surface area contributed by atoms with Crippen LogP contribution in [0.4, 0.5) is 5.69 Å². The molecule has 0 saturated carbocycles. The van der Waals surface area contributed by atoms with Gasteiger partial charge in [0.15, 0.2) is 0 Å². The van der Waals surface area contributed by atoms with E-state index >= 15 is 0 Å². The number of amides is 1. The zero-order valence-electron chi connectivity index (χ0n) is 21.9. The number of benzene rings is 2. The third kappa shape index (κ3) is 5.86. The van der Waals surface area contributed by atoms with Crippen molar-refractivity contribution in [1.82, 2.24) is 10.3 Å². The van der Waals surface area contributed by atoms with E-state index in [4.69, 9.17) is 10.7 Å². The Labute approximate surface area is 223 Å². The number of aryl methyl sites for hydroxylation is 1. The fourth-order valence-corrected chi connectivity index (χ4v) is 6.08. The van der Waals surface area contributed by atoms with Crippen molar-refractivity contribution in [3.8, 4) is 0 Å². The van der Waals surface area contributed by atoms with E-state index in [0.29, 0.717) is 17.3 Å². The van der Waals surface area contributed by atoms with Crippen molar-refractivity contribution in [3.63, 3.8) is 0 Å². The van der Waals surface area contributed by atoms with Crippen LogP contribution in [-0.2, 0) is 19.4 Å². The number of nitrogens with two attached hydrogens (primary N) is 1. The number of hydrogen-bond donors (Lipinski definition) is 3. The lowest BCUT2D eigenvalue weighted by Gasteiger charge is -2.34. The lowest BCUT2D eigenvalue weighted by molar-refractivity contribution is 0.0942. The molecule has 2 atom stereocenters. The monoisotopic (exact) mass is 512 g/mol. The molecule has 192 valence electrons. The van der Waals surface area contributed by atoms with E-state index in [1.807, 2.05) is 42.5 Å². The Balaban J connectivity index is 1.29. The van der Waals surface area contributed by atoms with E-state index in [1.54, 1.807) is 0 Å². The molecule has 0 aliphatic heterocycles. The molecule has 6 heteroatoms. The first-order valence-electron chi connectivity index (χ1n) is 13.1. The van der Waals surface area contributed by atoms with Crippen LogP contribution in [0.15, 0.2) is 66.7 Å². The summed E-state index contributed by atoms with van der Waals surface area (Å²) in [7, 11) is 0. The molecule has 0 fully saturated rings. The second kappa shape index (κ2) is 10.6. The summed E-state index contributed by atoms with van der Waals surface area (Å²) in [5.41, 5.74) is 12.1. The molecular formula is C31H36N4OS. The number of fused-ring (bicyclic) bond motifs is 2. The van der Waals surface area contributed by atoms with E-state index in [-0.39, 0.29) is 17.4 Å². The van der Waals surface area contributed by atoms with E-state index in [2.05, 4.69) is 55.7 Å². The fourth-order valence-electron chi connectivity index (χ4n) is 5.15. The summed E-state index contributed by atoms with van der Waals surface area (Å²) in [6, 6.07) is 22.3. The van der Waals surface area contributed by atoms with Crippen molar-refractivity contribution in [1.29, 1.82) is 0 Å². The highest BCUT2D eigenvalue weighted by atomic mass is 32.1. The Morgan fingerprint density at radius 1 is 1.11 bits per heavy atom. The zero-order chi connectivity index (χ0) is 26.0. The highest BCUT2D eigenvalue weighted by Crippen LogP contribution is 2.38. The van der Waals surface area contributed by atoms with Gasteiger partial charge >= 0.3 is 0 Å². The predicted molar refractivity (Wildman–Crippen MR) is 154 cm³/mol. The van der Waals surface area contributed by atoms with Gasteiger partial charge in [0.2, 0.25) is 0 Å². The van der Waals surface area contributed by atoms with Gasteiger partial charge in [-0.1, -0.05) is 63.2 Å². The van der Waals surface area contributed by atoms with Crippen LogP contribution in [0, 0.1) is 11.3 Å². The highest BCUT2D eigenvalue weighted by Gasteiger charge is 2.29. The molecule has 0 bridgehead atoms. The maximum atomic E-state index is 13.3. The molecule has 0 unspecified atom stereocenters. The number of nitrogens with zero attached hydrogens (tertiary/aromatic N) is 1. The molecule has 0 radical (unpaired) electrons. The van der Waals surface area contributed by atoms with Gasteiger partial charge in [0, 0.05) is 29.9 Å². The Hall–Kier alpha value is -3.22. The van der Waals surface area contributed by atoms with Gasteiger partial charge in [-0.25, -0.2) is 4.98 Å². The average molecular weight is 513 g/mol. The van der Waals surface area contributed by atoms with Crippen LogP contribution in [0.2, 0.25) is 0 Å². The van der Waals surface area contributed by atoms with Crippen molar-refractivity contribution < 1.29 is 4.79 Å².